The fraction of sp³-hybridized carbons (Fsp3) is 0.571. The van der Waals surface area contributed by atoms with E-state index >= 15 is 0 Å². The lowest BCUT2D eigenvalue weighted by molar-refractivity contribution is 0.156. The number of ether oxygens (including phenoxy) is 1. The second-order valence-electron chi connectivity index (χ2n) is 10.0. The summed E-state index contributed by atoms with van der Waals surface area (Å²) in [4.78, 5) is 0. The van der Waals surface area contributed by atoms with Crippen molar-refractivity contribution in [3.63, 3.8) is 0 Å². The van der Waals surface area contributed by atoms with E-state index in [1.54, 1.807) is 0 Å². The quantitative estimate of drug-likeness (QED) is 0.385. The Labute approximate surface area is 200 Å². The van der Waals surface area contributed by atoms with E-state index in [-0.39, 0.29) is 17.4 Å². The summed E-state index contributed by atoms with van der Waals surface area (Å²) in [7, 11) is 0. The molecule has 0 spiro atoms. The average molecular weight is 479 g/mol. The van der Waals surface area contributed by atoms with Crippen LogP contribution in [0.1, 0.15) is 88.2 Å². The molecule has 2 fully saturated rings. The van der Waals surface area contributed by atoms with Crippen LogP contribution in [0.2, 0.25) is 5.02 Å². The number of hydrogen-bond donors (Lipinski definition) is 0. The molecule has 2 aliphatic rings. The molecule has 2 aromatic rings. The van der Waals surface area contributed by atoms with E-state index in [4.69, 9.17) is 16.3 Å². The smallest absolute Gasteiger partial charge is 0.159 e. The molecule has 5 heteroatoms. The predicted octanol–water partition coefficient (Wildman–Crippen LogP) is 9.22. The molecule has 4 rings (SSSR count). The van der Waals surface area contributed by atoms with Crippen LogP contribution in [-0.2, 0) is 6.61 Å². The molecule has 0 unspecified atom stereocenters. The van der Waals surface area contributed by atoms with Crippen LogP contribution in [0.15, 0.2) is 30.3 Å². The van der Waals surface area contributed by atoms with Crippen molar-refractivity contribution in [1.29, 1.82) is 0 Å². The fourth-order valence-corrected chi connectivity index (χ4v) is 6.16. The summed E-state index contributed by atoms with van der Waals surface area (Å²) < 4.78 is 46.9. The number of halogens is 4. The Morgan fingerprint density at radius 3 is 2.12 bits per heavy atom. The molecule has 180 valence electrons. The van der Waals surface area contributed by atoms with Crippen molar-refractivity contribution < 1.29 is 17.9 Å². The van der Waals surface area contributed by atoms with Gasteiger partial charge in [-0.1, -0.05) is 50.3 Å². The van der Waals surface area contributed by atoms with Crippen molar-refractivity contribution >= 4 is 11.6 Å². The van der Waals surface area contributed by atoms with Gasteiger partial charge in [0.2, 0.25) is 0 Å². The molecule has 2 aliphatic carbocycles. The van der Waals surface area contributed by atoms with Crippen molar-refractivity contribution in [1.82, 2.24) is 0 Å². The molecule has 33 heavy (non-hydrogen) atoms. The Morgan fingerprint density at radius 2 is 1.48 bits per heavy atom. The van der Waals surface area contributed by atoms with Gasteiger partial charge < -0.3 is 4.74 Å². The Kier molecular flexibility index (Phi) is 8.27. The van der Waals surface area contributed by atoms with Gasteiger partial charge in [-0.25, -0.2) is 13.2 Å². The molecular formula is C28H34ClF3O. The van der Waals surface area contributed by atoms with Crippen molar-refractivity contribution in [3.05, 3.63) is 63.9 Å². The Balaban J connectivity index is 1.35. The van der Waals surface area contributed by atoms with E-state index in [1.165, 1.54) is 63.5 Å². The number of hydrogen-bond acceptors (Lipinski definition) is 1. The first kappa shape index (κ1) is 24.4. The molecule has 0 aliphatic heterocycles. The fourth-order valence-electron chi connectivity index (χ4n) is 6.00. The van der Waals surface area contributed by atoms with Crippen molar-refractivity contribution in [2.45, 2.75) is 83.7 Å². The summed E-state index contributed by atoms with van der Waals surface area (Å²) >= 11 is 6.15. The average Bonchev–Trinajstić information content (AvgIpc) is 2.83. The van der Waals surface area contributed by atoms with Gasteiger partial charge in [0, 0.05) is 0 Å². The van der Waals surface area contributed by atoms with Crippen LogP contribution in [0, 0.1) is 35.2 Å². The molecule has 0 radical (unpaired) electrons. The largest absolute Gasteiger partial charge is 0.487 e. The van der Waals surface area contributed by atoms with Crippen LogP contribution in [0.3, 0.4) is 0 Å². The molecule has 0 aromatic heterocycles. The molecule has 2 saturated carbocycles. The summed E-state index contributed by atoms with van der Waals surface area (Å²) in [5.74, 6) is 0.811. The molecule has 0 N–H and O–H groups in total. The van der Waals surface area contributed by atoms with E-state index < -0.39 is 17.5 Å². The van der Waals surface area contributed by atoms with Gasteiger partial charge in [-0.3, -0.25) is 0 Å². The van der Waals surface area contributed by atoms with E-state index in [2.05, 4.69) is 6.92 Å². The lowest BCUT2D eigenvalue weighted by Gasteiger charge is -2.38. The van der Waals surface area contributed by atoms with Crippen LogP contribution >= 0.6 is 11.6 Å². The van der Waals surface area contributed by atoms with Crippen LogP contribution < -0.4 is 4.74 Å². The first-order valence-corrected chi connectivity index (χ1v) is 12.9. The monoisotopic (exact) mass is 478 g/mol. The van der Waals surface area contributed by atoms with Crippen LogP contribution in [-0.4, -0.2) is 0 Å². The van der Waals surface area contributed by atoms with Crippen molar-refractivity contribution in [3.8, 4) is 5.75 Å². The highest BCUT2D eigenvalue weighted by Crippen LogP contribution is 2.45. The standard InChI is InChI=1S/C28H34ClF3O/c1-2-3-18-4-7-20(8-5-18)21-9-11-22(12-10-21)23-15-26(32)28(29)27(16-23)33-17-19-6-13-24(30)25(31)14-19/h6,13-16,18,20-22H,2-5,7-12,17H2,1H3. The molecule has 1 nitrogen and oxygen atoms in total. The minimum absolute atomic E-state index is 0.00669. The van der Waals surface area contributed by atoms with Gasteiger partial charge in [-0.05, 0) is 97.6 Å². The van der Waals surface area contributed by atoms with E-state index in [0.717, 1.165) is 48.3 Å². The van der Waals surface area contributed by atoms with Gasteiger partial charge in [0.25, 0.3) is 0 Å². The maximum Gasteiger partial charge on any atom is 0.159 e. The molecule has 0 bridgehead atoms. The van der Waals surface area contributed by atoms with Crippen LogP contribution in [0.4, 0.5) is 13.2 Å². The molecule has 0 heterocycles. The first-order chi connectivity index (χ1) is 15.9. The Morgan fingerprint density at radius 1 is 0.818 bits per heavy atom. The molecule has 0 atom stereocenters. The summed E-state index contributed by atoms with van der Waals surface area (Å²) in [6, 6.07) is 6.95. The van der Waals surface area contributed by atoms with Crippen molar-refractivity contribution in [2.24, 2.45) is 17.8 Å². The zero-order valence-corrected chi connectivity index (χ0v) is 20.2. The van der Waals surface area contributed by atoms with Gasteiger partial charge >= 0.3 is 0 Å². The predicted molar refractivity (Wildman–Crippen MR) is 127 cm³/mol. The topological polar surface area (TPSA) is 9.23 Å². The Hall–Kier alpha value is -1.68. The second kappa shape index (κ2) is 11.2. The van der Waals surface area contributed by atoms with Gasteiger partial charge in [-0.2, -0.15) is 0 Å². The number of rotatable bonds is 7. The number of benzene rings is 2. The second-order valence-corrected chi connectivity index (χ2v) is 10.4. The SMILES string of the molecule is CCCC1CCC(C2CCC(c3cc(F)c(Cl)c(OCc4ccc(F)c(F)c4)c3)CC2)CC1. The summed E-state index contributed by atoms with van der Waals surface area (Å²) in [6.45, 7) is 2.28. The zero-order chi connectivity index (χ0) is 23.4. The van der Waals surface area contributed by atoms with Gasteiger partial charge in [0.15, 0.2) is 11.6 Å². The van der Waals surface area contributed by atoms with Crippen molar-refractivity contribution in [2.75, 3.05) is 0 Å². The van der Waals surface area contributed by atoms with E-state index in [0.29, 0.717) is 11.5 Å². The van der Waals surface area contributed by atoms with Gasteiger partial charge in [0.1, 0.15) is 23.2 Å². The molecule has 2 aromatic carbocycles. The molecule has 0 amide bonds. The highest BCUT2D eigenvalue weighted by molar-refractivity contribution is 6.32. The first-order valence-electron chi connectivity index (χ1n) is 12.5. The lowest BCUT2D eigenvalue weighted by Crippen LogP contribution is -2.25. The van der Waals surface area contributed by atoms with Crippen LogP contribution in [0.5, 0.6) is 5.75 Å². The summed E-state index contributed by atoms with van der Waals surface area (Å²) in [5, 5.41) is -0.0705. The van der Waals surface area contributed by atoms with Crippen LogP contribution in [0.25, 0.3) is 0 Å². The third-order valence-corrected chi connectivity index (χ3v) is 8.26. The van der Waals surface area contributed by atoms with E-state index in [1.807, 2.05) is 6.07 Å². The van der Waals surface area contributed by atoms with Gasteiger partial charge in [0.05, 0.1) is 0 Å². The summed E-state index contributed by atoms with van der Waals surface area (Å²) in [5.41, 5.74) is 1.38. The maximum absolute atomic E-state index is 14.6. The third-order valence-electron chi connectivity index (χ3n) is 7.89. The van der Waals surface area contributed by atoms with Gasteiger partial charge in [-0.15, -0.1) is 0 Å². The highest BCUT2D eigenvalue weighted by atomic mass is 35.5. The maximum atomic E-state index is 14.6. The normalized spacial score (nSPS) is 25.7. The summed E-state index contributed by atoms with van der Waals surface area (Å²) in [6.07, 6.45) is 12.7. The minimum Gasteiger partial charge on any atom is -0.487 e. The lowest BCUT2D eigenvalue weighted by atomic mass is 9.68. The third kappa shape index (κ3) is 6.07. The Bertz CT molecular complexity index is 931. The van der Waals surface area contributed by atoms with E-state index in [9.17, 15) is 13.2 Å². The minimum atomic E-state index is -0.933. The highest BCUT2D eigenvalue weighted by Gasteiger charge is 2.31. The molecular weight excluding hydrogens is 445 g/mol. The zero-order valence-electron chi connectivity index (χ0n) is 19.4. The molecule has 0 saturated heterocycles.